The van der Waals surface area contributed by atoms with Gasteiger partial charge in [-0.15, -0.1) is 4.31 Å². The minimum atomic E-state index is -1.22. The second-order valence-corrected chi connectivity index (χ2v) is 7.11. The zero-order chi connectivity index (χ0) is 16.4. The van der Waals surface area contributed by atoms with E-state index in [0.717, 1.165) is 29.1 Å². The van der Waals surface area contributed by atoms with Crippen molar-refractivity contribution in [3.63, 3.8) is 0 Å². The van der Waals surface area contributed by atoms with Gasteiger partial charge < -0.3 is 9.29 Å². The number of aryl methyl sites for hydroxylation is 2. The monoisotopic (exact) mass is 337 g/mol. The van der Waals surface area contributed by atoms with Gasteiger partial charge in [0.25, 0.3) is 0 Å². The molecular formula is C16H20FN3O2S. The first-order chi connectivity index (χ1) is 11.1. The number of halogens is 1. The summed E-state index contributed by atoms with van der Waals surface area (Å²) in [5.41, 5.74) is 1.61. The molecule has 0 amide bonds. The van der Waals surface area contributed by atoms with Gasteiger partial charge in [0.2, 0.25) is 4.90 Å². The third-order valence-electron chi connectivity index (χ3n) is 4.00. The maximum absolute atomic E-state index is 13.6. The second kappa shape index (κ2) is 6.90. The molecule has 1 unspecified atom stereocenters. The molecule has 0 spiro atoms. The van der Waals surface area contributed by atoms with Gasteiger partial charge in [-0.3, -0.25) is 5.10 Å². The third-order valence-corrected chi connectivity index (χ3v) is 5.79. The highest BCUT2D eigenvalue weighted by atomic mass is 32.2. The van der Waals surface area contributed by atoms with Crippen LogP contribution in [0.2, 0.25) is 0 Å². The van der Waals surface area contributed by atoms with Gasteiger partial charge in [-0.25, -0.2) is 4.39 Å². The van der Waals surface area contributed by atoms with Crippen LogP contribution < -0.4 is 4.74 Å². The summed E-state index contributed by atoms with van der Waals surface area (Å²) < 4.78 is 34.0. The summed E-state index contributed by atoms with van der Waals surface area (Å²) in [7, 11) is 0. The SMILES string of the molecule is Cc1n[nH]c(C)c1[S+]([O-])N1CCC(Oc2ccccc2F)CC1. The van der Waals surface area contributed by atoms with Crippen molar-refractivity contribution in [1.82, 2.24) is 14.5 Å². The molecule has 1 aliphatic rings. The van der Waals surface area contributed by atoms with Crippen molar-refractivity contribution in [2.24, 2.45) is 0 Å². The van der Waals surface area contributed by atoms with Crippen molar-refractivity contribution >= 4 is 11.4 Å². The molecule has 1 fully saturated rings. The highest BCUT2D eigenvalue weighted by Gasteiger charge is 2.32. The van der Waals surface area contributed by atoms with Gasteiger partial charge >= 0.3 is 0 Å². The molecule has 5 nitrogen and oxygen atoms in total. The summed E-state index contributed by atoms with van der Waals surface area (Å²) in [5.74, 6) is -0.0586. The van der Waals surface area contributed by atoms with Crippen LogP contribution in [0.4, 0.5) is 4.39 Å². The van der Waals surface area contributed by atoms with Gasteiger partial charge in [-0.05, 0) is 26.0 Å². The molecule has 1 aliphatic heterocycles. The molecule has 7 heteroatoms. The van der Waals surface area contributed by atoms with E-state index in [1.165, 1.54) is 6.07 Å². The lowest BCUT2D eigenvalue weighted by atomic mass is 10.1. The molecule has 1 atom stereocenters. The summed E-state index contributed by atoms with van der Waals surface area (Å²) >= 11 is -1.22. The van der Waals surface area contributed by atoms with E-state index in [4.69, 9.17) is 4.74 Å². The van der Waals surface area contributed by atoms with Crippen LogP contribution in [0.5, 0.6) is 5.75 Å². The maximum atomic E-state index is 13.6. The second-order valence-electron chi connectivity index (χ2n) is 5.69. The Bertz CT molecular complexity index is 652. The largest absolute Gasteiger partial charge is 0.593 e. The summed E-state index contributed by atoms with van der Waals surface area (Å²) in [5, 5.41) is 6.97. The molecule has 1 N–H and O–H groups in total. The van der Waals surface area contributed by atoms with Gasteiger partial charge in [-0.2, -0.15) is 5.10 Å². The van der Waals surface area contributed by atoms with Gasteiger partial charge in [-0.1, -0.05) is 12.1 Å². The van der Waals surface area contributed by atoms with Crippen molar-refractivity contribution in [3.05, 3.63) is 41.5 Å². The molecule has 0 saturated carbocycles. The van der Waals surface area contributed by atoms with E-state index in [1.807, 2.05) is 18.2 Å². The Kier molecular flexibility index (Phi) is 4.89. The molecule has 1 saturated heterocycles. The minimum Gasteiger partial charge on any atom is -0.593 e. The summed E-state index contributed by atoms with van der Waals surface area (Å²) in [6, 6.07) is 6.43. The molecule has 1 aromatic carbocycles. The van der Waals surface area contributed by atoms with Crippen molar-refractivity contribution in [2.75, 3.05) is 13.1 Å². The first kappa shape index (κ1) is 16.3. The van der Waals surface area contributed by atoms with Gasteiger partial charge in [0.1, 0.15) is 11.8 Å². The fraction of sp³-hybridized carbons (Fsp3) is 0.438. The van der Waals surface area contributed by atoms with Crippen molar-refractivity contribution in [1.29, 1.82) is 0 Å². The van der Waals surface area contributed by atoms with E-state index in [2.05, 4.69) is 10.2 Å². The fourth-order valence-electron chi connectivity index (χ4n) is 2.76. The van der Waals surface area contributed by atoms with Crippen LogP contribution in [0.25, 0.3) is 0 Å². The zero-order valence-electron chi connectivity index (χ0n) is 13.2. The number of aromatic nitrogens is 2. The fourth-order valence-corrected chi connectivity index (χ4v) is 4.17. The number of para-hydroxylation sites is 1. The number of nitrogens with zero attached hydrogens (tertiary/aromatic N) is 2. The standard InChI is InChI=1S/C16H20FN3O2S/c1-11-16(12(2)19-18-11)23(21)20-9-7-13(8-10-20)22-15-6-4-3-5-14(15)17/h3-6,13H,7-10H2,1-2H3,(H,18,19). The average Bonchev–Trinajstić information content (AvgIpc) is 2.88. The number of hydrogen-bond donors (Lipinski definition) is 1. The Balaban J connectivity index is 1.59. The molecular weight excluding hydrogens is 317 g/mol. The smallest absolute Gasteiger partial charge is 0.217 e. The van der Waals surface area contributed by atoms with E-state index in [1.54, 1.807) is 18.2 Å². The normalized spacial score (nSPS) is 18.1. The lowest BCUT2D eigenvalue weighted by Gasteiger charge is -2.31. The van der Waals surface area contributed by atoms with Crippen LogP contribution in [0, 0.1) is 19.7 Å². The van der Waals surface area contributed by atoms with Crippen LogP contribution in [-0.2, 0) is 11.4 Å². The van der Waals surface area contributed by atoms with Crippen LogP contribution in [0.3, 0.4) is 0 Å². The number of ether oxygens (including phenoxy) is 1. The van der Waals surface area contributed by atoms with Crippen molar-refractivity contribution in [3.8, 4) is 5.75 Å². The first-order valence-electron chi connectivity index (χ1n) is 7.66. The number of rotatable bonds is 4. The molecule has 2 aromatic rings. The number of nitrogens with one attached hydrogen (secondary N) is 1. The summed E-state index contributed by atoms with van der Waals surface area (Å²) in [6.45, 7) is 5.03. The molecule has 1 aromatic heterocycles. The minimum absolute atomic E-state index is 0.0494. The predicted molar refractivity (Wildman–Crippen MR) is 86.1 cm³/mol. The van der Waals surface area contributed by atoms with E-state index in [9.17, 15) is 8.94 Å². The van der Waals surface area contributed by atoms with E-state index < -0.39 is 11.4 Å². The maximum Gasteiger partial charge on any atom is 0.217 e. The molecule has 0 bridgehead atoms. The Morgan fingerprint density at radius 3 is 2.61 bits per heavy atom. The number of piperidine rings is 1. The van der Waals surface area contributed by atoms with Crippen LogP contribution in [0.1, 0.15) is 24.2 Å². The predicted octanol–water partition coefficient (Wildman–Crippen LogP) is 2.73. The number of benzene rings is 1. The zero-order valence-corrected chi connectivity index (χ0v) is 14.0. The molecule has 0 radical (unpaired) electrons. The first-order valence-corrected chi connectivity index (χ1v) is 8.76. The summed E-state index contributed by atoms with van der Waals surface area (Å²) in [4.78, 5) is 0.762. The topological polar surface area (TPSA) is 64.2 Å². The average molecular weight is 337 g/mol. The van der Waals surface area contributed by atoms with Crippen LogP contribution in [0.15, 0.2) is 29.2 Å². The molecule has 124 valence electrons. The molecule has 0 aliphatic carbocycles. The molecule has 23 heavy (non-hydrogen) atoms. The van der Waals surface area contributed by atoms with Crippen molar-refractivity contribution in [2.45, 2.75) is 37.7 Å². The van der Waals surface area contributed by atoms with E-state index in [0.29, 0.717) is 13.1 Å². The lowest BCUT2D eigenvalue weighted by Crippen LogP contribution is -2.42. The van der Waals surface area contributed by atoms with Crippen molar-refractivity contribution < 1.29 is 13.7 Å². The van der Waals surface area contributed by atoms with Crippen LogP contribution >= 0.6 is 0 Å². The number of hydrogen-bond acceptors (Lipinski definition) is 4. The molecule has 2 heterocycles. The van der Waals surface area contributed by atoms with E-state index >= 15 is 0 Å². The number of H-pyrrole nitrogens is 1. The van der Waals surface area contributed by atoms with Gasteiger partial charge in [0.15, 0.2) is 11.6 Å². The highest BCUT2D eigenvalue weighted by Crippen LogP contribution is 2.27. The van der Waals surface area contributed by atoms with E-state index in [-0.39, 0.29) is 17.7 Å². The lowest BCUT2D eigenvalue weighted by molar-refractivity contribution is 0.130. The summed E-state index contributed by atoms with van der Waals surface area (Å²) in [6.07, 6.45) is 1.39. The third kappa shape index (κ3) is 3.52. The Morgan fingerprint density at radius 2 is 2.00 bits per heavy atom. The van der Waals surface area contributed by atoms with Crippen LogP contribution in [-0.4, -0.2) is 38.2 Å². The number of aromatic amines is 1. The Morgan fingerprint density at radius 1 is 1.30 bits per heavy atom. The molecule has 3 rings (SSSR count). The Hall–Kier alpha value is -1.57. The quantitative estimate of drug-likeness (QED) is 0.871. The highest BCUT2D eigenvalue weighted by molar-refractivity contribution is 7.89. The van der Waals surface area contributed by atoms with Gasteiger partial charge in [0, 0.05) is 25.9 Å². The Labute approximate surface area is 138 Å². The van der Waals surface area contributed by atoms with Gasteiger partial charge in [0.05, 0.1) is 17.1 Å².